The third-order valence-corrected chi connectivity index (χ3v) is 5.57. The van der Waals surface area contributed by atoms with Crippen LogP contribution in [0.3, 0.4) is 0 Å². The number of hydrogen-bond donors (Lipinski definition) is 2. The quantitative estimate of drug-likeness (QED) is 0.409. The molecule has 0 saturated heterocycles. The number of amides is 2. The number of nitrogens with one attached hydrogen (secondary N) is 2. The number of carbonyl (C=O) groups is 2. The maximum absolute atomic E-state index is 13.0. The predicted octanol–water partition coefficient (Wildman–Crippen LogP) is 5.21. The molecule has 4 rings (SSSR count). The van der Waals surface area contributed by atoms with Crippen molar-refractivity contribution < 1.29 is 9.59 Å². The number of imidazole rings is 1. The zero-order chi connectivity index (χ0) is 22.5. The lowest BCUT2D eigenvalue weighted by Crippen LogP contribution is -2.32. The highest BCUT2D eigenvalue weighted by atomic mass is 35.5. The smallest absolute Gasteiger partial charge is 0.253 e. The van der Waals surface area contributed by atoms with Gasteiger partial charge in [-0.05, 0) is 36.8 Å². The molecule has 1 unspecified atom stereocenters. The number of fused-ring (bicyclic) bond motifs is 1. The van der Waals surface area contributed by atoms with Gasteiger partial charge in [-0.25, -0.2) is 4.98 Å². The Labute approximate surface area is 191 Å². The lowest BCUT2D eigenvalue weighted by atomic mass is 10.0. The van der Waals surface area contributed by atoms with Crippen molar-refractivity contribution in [3.63, 3.8) is 0 Å². The summed E-state index contributed by atoms with van der Waals surface area (Å²) in [4.78, 5) is 30.4. The summed E-state index contributed by atoms with van der Waals surface area (Å²) in [5.41, 5.74) is 2.96. The van der Waals surface area contributed by atoms with Gasteiger partial charge >= 0.3 is 0 Å². The van der Waals surface area contributed by atoms with Crippen molar-refractivity contribution in [3.05, 3.63) is 95.0 Å². The maximum Gasteiger partial charge on any atom is 0.253 e. The van der Waals surface area contributed by atoms with Gasteiger partial charge in [-0.15, -0.1) is 0 Å². The maximum atomic E-state index is 13.0. The minimum atomic E-state index is -0.528. The number of rotatable bonds is 7. The SMILES string of the molecule is CCn1c(NC(=O)CC(NC(=O)c2ccccc2Cl)c2ccccc2)nc2ccccc21. The van der Waals surface area contributed by atoms with Gasteiger partial charge in [0.25, 0.3) is 5.91 Å². The number of aromatic nitrogens is 2. The van der Waals surface area contributed by atoms with Gasteiger partial charge in [0.1, 0.15) is 0 Å². The Morgan fingerprint density at radius 1 is 0.969 bits per heavy atom. The van der Waals surface area contributed by atoms with Crippen LogP contribution in [0.1, 0.15) is 35.3 Å². The molecular weight excluding hydrogens is 424 g/mol. The van der Waals surface area contributed by atoms with Crippen LogP contribution >= 0.6 is 11.6 Å². The molecule has 6 nitrogen and oxygen atoms in total. The first kappa shape index (κ1) is 21.6. The molecule has 4 aromatic rings. The van der Waals surface area contributed by atoms with Crippen molar-refractivity contribution in [2.45, 2.75) is 25.9 Å². The molecule has 0 radical (unpaired) electrons. The largest absolute Gasteiger partial charge is 0.345 e. The molecule has 7 heteroatoms. The Morgan fingerprint density at radius 3 is 2.41 bits per heavy atom. The molecule has 3 aromatic carbocycles. The lowest BCUT2D eigenvalue weighted by molar-refractivity contribution is -0.116. The molecular formula is C25H23ClN4O2. The van der Waals surface area contributed by atoms with Crippen LogP contribution in [0, 0.1) is 0 Å². The van der Waals surface area contributed by atoms with E-state index < -0.39 is 6.04 Å². The van der Waals surface area contributed by atoms with E-state index >= 15 is 0 Å². The molecule has 2 amide bonds. The van der Waals surface area contributed by atoms with Crippen LogP contribution < -0.4 is 10.6 Å². The van der Waals surface area contributed by atoms with Gasteiger partial charge in [-0.1, -0.05) is 66.2 Å². The summed E-state index contributed by atoms with van der Waals surface area (Å²) in [6.07, 6.45) is 0.0487. The summed E-state index contributed by atoms with van der Waals surface area (Å²) < 4.78 is 1.95. The van der Waals surface area contributed by atoms with E-state index in [4.69, 9.17) is 11.6 Å². The van der Waals surface area contributed by atoms with E-state index in [1.165, 1.54) is 0 Å². The van der Waals surface area contributed by atoms with Gasteiger partial charge in [0.2, 0.25) is 11.9 Å². The molecule has 1 aromatic heterocycles. The topological polar surface area (TPSA) is 76.0 Å². The number of hydrogen-bond acceptors (Lipinski definition) is 3. The van der Waals surface area contributed by atoms with Gasteiger partial charge in [-0.3, -0.25) is 14.9 Å². The molecule has 0 aliphatic carbocycles. The third kappa shape index (κ3) is 4.65. The molecule has 32 heavy (non-hydrogen) atoms. The van der Waals surface area contributed by atoms with Gasteiger partial charge in [0.15, 0.2) is 0 Å². The molecule has 0 fully saturated rings. The average Bonchev–Trinajstić information content (AvgIpc) is 3.16. The first-order valence-electron chi connectivity index (χ1n) is 10.4. The highest BCUT2D eigenvalue weighted by molar-refractivity contribution is 6.33. The van der Waals surface area contributed by atoms with E-state index in [-0.39, 0.29) is 18.2 Å². The molecule has 1 heterocycles. The van der Waals surface area contributed by atoms with E-state index in [1.807, 2.05) is 66.1 Å². The van der Waals surface area contributed by atoms with E-state index in [0.717, 1.165) is 16.6 Å². The predicted molar refractivity (Wildman–Crippen MR) is 127 cm³/mol. The van der Waals surface area contributed by atoms with Crippen molar-refractivity contribution in [2.75, 3.05) is 5.32 Å². The monoisotopic (exact) mass is 446 g/mol. The fraction of sp³-hybridized carbons (Fsp3) is 0.160. The number of halogens is 1. The fourth-order valence-electron chi connectivity index (χ4n) is 3.67. The summed E-state index contributed by atoms with van der Waals surface area (Å²) in [7, 11) is 0. The number of aryl methyl sites for hydroxylation is 1. The number of anilines is 1. The third-order valence-electron chi connectivity index (χ3n) is 5.24. The van der Waals surface area contributed by atoms with Crippen LogP contribution in [0.25, 0.3) is 11.0 Å². The normalized spacial score (nSPS) is 11.8. The summed E-state index contributed by atoms with van der Waals surface area (Å²) in [6, 6.07) is 23.4. The number of benzene rings is 3. The van der Waals surface area contributed by atoms with Crippen molar-refractivity contribution in [1.29, 1.82) is 0 Å². The summed E-state index contributed by atoms with van der Waals surface area (Å²) in [5.74, 6) is -0.0932. The second-order valence-corrected chi connectivity index (χ2v) is 7.74. The first-order chi connectivity index (χ1) is 15.6. The first-order valence-corrected chi connectivity index (χ1v) is 10.8. The standard InChI is InChI=1S/C25H23ClN4O2/c1-2-30-22-15-9-8-14-20(22)28-25(30)29-23(31)16-21(17-10-4-3-5-11-17)27-24(32)18-12-6-7-13-19(18)26/h3-15,21H,2,16H2,1H3,(H,27,32)(H,28,29,31). The molecule has 2 N–H and O–H groups in total. The Balaban J connectivity index is 1.56. The number of nitrogens with zero attached hydrogens (tertiary/aromatic N) is 2. The highest BCUT2D eigenvalue weighted by Crippen LogP contribution is 2.23. The van der Waals surface area contributed by atoms with Crippen LogP contribution in [-0.2, 0) is 11.3 Å². The molecule has 0 aliphatic rings. The summed E-state index contributed by atoms with van der Waals surface area (Å²) >= 11 is 6.18. The summed E-state index contributed by atoms with van der Waals surface area (Å²) in [6.45, 7) is 2.67. The molecule has 0 aliphatic heterocycles. The van der Waals surface area contributed by atoms with Crippen LogP contribution in [0.15, 0.2) is 78.9 Å². The van der Waals surface area contributed by atoms with Crippen LogP contribution in [0.4, 0.5) is 5.95 Å². The van der Waals surface area contributed by atoms with Gasteiger partial charge < -0.3 is 9.88 Å². The lowest BCUT2D eigenvalue weighted by Gasteiger charge is -2.19. The van der Waals surface area contributed by atoms with Crippen molar-refractivity contribution in [2.24, 2.45) is 0 Å². The molecule has 162 valence electrons. The van der Waals surface area contributed by atoms with Crippen molar-refractivity contribution >= 4 is 40.4 Å². The Morgan fingerprint density at radius 2 is 1.66 bits per heavy atom. The molecule has 0 bridgehead atoms. The van der Waals surface area contributed by atoms with Gasteiger partial charge in [0, 0.05) is 6.54 Å². The molecule has 0 saturated carbocycles. The highest BCUT2D eigenvalue weighted by Gasteiger charge is 2.21. The summed E-state index contributed by atoms with van der Waals surface area (Å²) in [5, 5.41) is 6.22. The van der Waals surface area contributed by atoms with E-state index in [9.17, 15) is 9.59 Å². The van der Waals surface area contributed by atoms with E-state index in [0.29, 0.717) is 23.1 Å². The zero-order valence-electron chi connectivity index (χ0n) is 17.6. The minimum Gasteiger partial charge on any atom is -0.345 e. The Kier molecular flexibility index (Phi) is 6.52. The van der Waals surface area contributed by atoms with Crippen LogP contribution in [-0.4, -0.2) is 21.4 Å². The van der Waals surface area contributed by atoms with E-state index in [2.05, 4.69) is 15.6 Å². The Bertz CT molecular complexity index is 1250. The van der Waals surface area contributed by atoms with Crippen LogP contribution in [0.2, 0.25) is 5.02 Å². The minimum absolute atomic E-state index is 0.0487. The molecule has 0 spiro atoms. The number of carbonyl (C=O) groups excluding carboxylic acids is 2. The Hall–Kier alpha value is -3.64. The van der Waals surface area contributed by atoms with E-state index in [1.54, 1.807) is 24.3 Å². The van der Waals surface area contributed by atoms with Gasteiger partial charge in [0.05, 0.1) is 34.1 Å². The van der Waals surface area contributed by atoms with Crippen molar-refractivity contribution in [1.82, 2.24) is 14.9 Å². The van der Waals surface area contributed by atoms with Gasteiger partial charge in [-0.2, -0.15) is 0 Å². The zero-order valence-corrected chi connectivity index (χ0v) is 18.3. The molecule has 1 atom stereocenters. The fourth-order valence-corrected chi connectivity index (χ4v) is 3.89. The second-order valence-electron chi connectivity index (χ2n) is 7.34. The average molecular weight is 447 g/mol. The van der Waals surface area contributed by atoms with Crippen molar-refractivity contribution in [3.8, 4) is 0 Å². The second kappa shape index (κ2) is 9.66. The van der Waals surface area contributed by atoms with Crippen LogP contribution in [0.5, 0.6) is 0 Å². The number of para-hydroxylation sites is 2.